The van der Waals surface area contributed by atoms with Gasteiger partial charge in [-0.3, -0.25) is 4.79 Å². The van der Waals surface area contributed by atoms with Gasteiger partial charge < -0.3 is 14.2 Å². The Morgan fingerprint density at radius 1 is 1.07 bits per heavy atom. The molecule has 2 aromatic carbocycles. The lowest BCUT2D eigenvalue weighted by Crippen LogP contribution is -2.30. The number of halogens is 1. The van der Waals surface area contributed by atoms with Crippen molar-refractivity contribution in [3.05, 3.63) is 87.8 Å². The minimum Gasteiger partial charge on any atom is -0.452 e. The van der Waals surface area contributed by atoms with Gasteiger partial charge in [-0.1, -0.05) is 24.3 Å². The molecule has 0 aliphatic carbocycles. The molecule has 1 aliphatic rings. The fourth-order valence-corrected chi connectivity index (χ4v) is 3.83. The first-order valence-electron chi connectivity index (χ1n) is 9.01. The van der Waals surface area contributed by atoms with Crippen molar-refractivity contribution in [2.75, 3.05) is 18.5 Å². The van der Waals surface area contributed by atoms with Crippen molar-refractivity contribution in [1.29, 1.82) is 0 Å². The summed E-state index contributed by atoms with van der Waals surface area (Å²) in [6, 6.07) is 20.2. The first kappa shape index (κ1) is 17.9. The van der Waals surface area contributed by atoms with E-state index in [0.717, 1.165) is 31.0 Å². The Kier molecular flexibility index (Phi) is 5.03. The zero-order valence-electron chi connectivity index (χ0n) is 15.2. The molecule has 4 nitrogen and oxygen atoms in total. The summed E-state index contributed by atoms with van der Waals surface area (Å²) in [5, 5.41) is 0. The van der Waals surface area contributed by atoms with Crippen LogP contribution in [0.25, 0.3) is 0 Å². The Bertz CT molecular complexity index is 949. The van der Waals surface area contributed by atoms with E-state index in [1.807, 2.05) is 36.4 Å². The highest BCUT2D eigenvalue weighted by molar-refractivity contribution is 9.10. The Balaban J connectivity index is 1.43. The minimum absolute atomic E-state index is 0.0157. The van der Waals surface area contributed by atoms with Crippen LogP contribution in [0.5, 0.6) is 0 Å². The van der Waals surface area contributed by atoms with Crippen LogP contribution in [0.15, 0.2) is 69.8 Å². The highest BCUT2D eigenvalue weighted by Crippen LogP contribution is 2.25. The van der Waals surface area contributed by atoms with Gasteiger partial charge in [0, 0.05) is 31.4 Å². The third-order valence-corrected chi connectivity index (χ3v) is 5.40. The highest BCUT2D eigenvalue weighted by Gasteiger charge is 2.18. The zero-order chi connectivity index (χ0) is 18.8. The molecule has 1 amide bonds. The van der Waals surface area contributed by atoms with Gasteiger partial charge in [0.15, 0.2) is 4.67 Å². The van der Waals surface area contributed by atoms with Gasteiger partial charge in [-0.05, 0) is 69.9 Å². The lowest BCUT2D eigenvalue weighted by Gasteiger charge is -2.30. The summed E-state index contributed by atoms with van der Waals surface area (Å²) >= 11 is 3.29. The topological polar surface area (TPSA) is 36.7 Å². The number of amides is 1. The second-order valence-corrected chi connectivity index (χ2v) is 7.64. The van der Waals surface area contributed by atoms with Crippen molar-refractivity contribution < 1.29 is 9.21 Å². The molecular weight excluding hydrogens is 404 g/mol. The van der Waals surface area contributed by atoms with Gasteiger partial charge >= 0.3 is 0 Å². The van der Waals surface area contributed by atoms with Crippen molar-refractivity contribution in [2.45, 2.75) is 19.5 Å². The van der Waals surface area contributed by atoms with E-state index < -0.39 is 0 Å². The van der Waals surface area contributed by atoms with Gasteiger partial charge in [-0.2, -0.15) is 0 Å². The monoisotopic (exact) mass is 424 g/mol. The first-order valence-corrected chi connectivity index (χ1v) is 9.81. The SMILES string of the molecule is CN(Cc1ccc(Br)o1)C(=O)c1ccc(N2CCc3ccccc3C2)cc1. The number of fused-ring (bicyclic) bond motifs is 1. The van der Waals surface area contributed by atoms with Gasteiger partial charge in [-0.25, -0.2) is 0 Å². The molecule has 0 spiro atoms. The molecule has 4 rings (SSSR count). The maximum absolute atomic E-state index is 12.7. The summed E-state index contributed by atoms with van der Waals surface area (Å²) < 4.78 is 6.16. The van der Waals surface area contributed by atoms with Crippen molar-refractivity contribution in [1.82, 2.24) is 4.90 Å². The average molecular weight is 425 g/mol. The van der Waals surface area contributed by atoms with Crippen LogP contribution in [0.2, 0.25) is 0 Å². The summed E-state index contributed by atoms with van der Waals surface area (Å²) in [6.45, 7) is 2.35. The van der Waals surface area contributed by atoms with E-state index in [2.05, 4.69) is 45.1 Å². The van der Waals surface area contributed by atoms with E-state index >= 15 is 0 Å². The normalized spacial score (nSPS) is 13.3. The van der Waals surface area contributed by atoms with Crippen LogP contribution >= 0.6 is 15.9 Å². The molecule has 0 fully saturated rings. The molecule has 0 saturated heterocycles. The molecule has 138 valence electrons. The largest absolute Gasteiger partial charge is 0.452 e. The number of carbonyl (C=O) groups excluding carboxylic acids is 1. The number of hydrogen-bond acceptors (Lipinski definition) is 3. The molecule has 5 heteroatoms. The van der Waals surface area contributed by atoms with Gasteiger partial charge in [0.2, 0.25) is 0 Å². The van der Waals surface area contributed by atoms with E-state index in [1.54, 1.807) is 11.9 Å². The molecule has 27 heavy (non-hydrogen) atoms. The molecule has 0 saturated carbocycles. The smallest absolute Gasteiger partial charge is 0.254 e. The molecule has 0 unspecified atom stereocenters. The molecular formula is C22H21BrN2O2. The minimum atomic E-state index is -0.0157. The Hall–Kier alpha value is -2.53. The molecule has 3 aromatic rings. The van der Waals surface area contributed by atoms with Crippen molar-refractivity contribution in [3.63, 3.8) is 0 Å². The van der Waals surface area contributed by atoms with Crippen LogP contribution in [0.1, 0.15) is 27.2 Å². The van der Waals surface area contributed by atoms with Crippen LogP contribution < -0.4 is 4.90 Å². The Labute approximate surface area is 167 Å². The van der Waals surface area contributed by atoms with Crippen LogP contribution in [0, 0.1) is 0 Å². The predicted molar refractivity (Wildman–Crippen MR) is 110 cm³/mol. The number of rotatable bonds is 4. The van der Waals surface area contributed by atoms with E-state index in [0.29, 0.717) is 16.8 Å². The zero-order valence-corrected chi connectivity index (χ0v) is 16.8. The fraction of sp³-hybridized carbons (Fsp3) is 0.227. The van der Waals surface area contributed by atoms with Gasteiger partial charge in [0.05, 0.1) is 6.54 Å². The first-order chi connectivity index (χ1) is 13.1. The molecule has 0 bridgehead atoms. The summed E-state index contributed by atoms with van der Waals surface area (Å²) in [6.07, 6.45) is 1.05. The quantitative estimate of drug-likeness (QED) is 0.598. The summed E-state index contributed by atoms with van der Waals surface area (Å²) in [7, 11) is 1.79. The second kappa shape index (κ2) is 7.61. The second-order valence-electron chi connectivity index (χ2n) is 6.85. The van der Waals surface area contributed by atoms with Crippen LogP contribution in [0.4, 0.5) is 5.69 Å². The third-order valence-electron chi connectivity index (χ3n) is 4.98. The maximum atomic E-state index is 12.7. The van der Waals surface area contributed by atoms with E-state index in [4.69, 9.17) is 4.42 Å². The summed E-state index contributed by atoms with van der Waals surface area (Å²) in [5.74, 6) is 0.736. The summed E-state index contributed by atoms with van der Waals surface area (Å²) in [4.78, 5) is 16.7. The lowest BCUT2D eigenvalue weighted by atomic mass is 9.99. The standard InChI is InChI=1S/C22H21BrN2O2/c1-24(15-20-10-11-21(23)27-20)22(26)17-6-8-19(9-7-17)25-13-12-16-4-2-3-5-18(16)14-25/h2-11H,12-15H2,1H3. The number of benzene rings is 2. The lowest BCUT2D eigenvalue weighted by molar-refractivity contribution is 0.0775. The van der Waals surface area contributed by atoms with Crippen molar-refractivity contribution >= 4 is 27.5 Å². The molecule has 0 atom stereocenters. The number of furan rings is 1. The number of anilines is 1. The third kappa shape index (κ3) is 3.93. The van der Waals surface area contributed by atoms with Gasteiger partial charge in [-0.15, -0.1) is 0 Å². The fourth-order valence-electron chi connectivity index (χ4n) is 3.49. The van der Waals surface area contributed by atoms with Crippen LogP contribution in [0.3, 0.4) is 0 Å². The van der Waals surface area contributed by atoms with E-state index in [9.17, 15) is 4.79 Å². The highest BCUT2D eigenvalue weighted by atomic mass is 79.9. The Morgan fingerprint density at radius 3 is 2.52 bits per heavy atom. The Morgan fingerprint density at radius 2 is 1.81 bits per heavy atom. The predicted octanol–water partition coefficient (Wildman–Crippen LogP) is 4.88. The molecule has 2 heterocycles. The van der Waals surface area contributed by atoms with E-state index in [1.165, 1.54) is 11.1 Å². The van der Waals surface area contributed by atoms with Gasteiger partial charge in [0.25, 0.3) is 5.91 Å². The number of nitrogens with zero attached hydrogens (tertiary/aromatic N) is 2. The molecule has 0 N–H and O–H groups in total. The number of hydrogen-bond donors (Lipinski definition) is 0. The average Bonchev–Trinajstić information content (AvgIpc) is 3.11. The van der Waals surface area contributed by atoms with Gasteiger partial charge in [0.1, 0.15) is 5.76 Å². The van der Waals surface area contributed by atoms with Crippen LogP contribution in [-0.2, 0) is 19.5 Å². The molecule has 1 aliphatic heterocycles. The van der Waals surface area contributed by atoms with Crippen LogP contribution in [-0.4, -0.2) is 24.4 Å². The molecule has 0 radical (unpaired) electrons. The number of carbonyl (C=O) groups is 1. The summed E-state index contributed by atoms with van der Waals surface area (Å²) in [5.41, 5.74) is 4.66. The van der Waals surface area contributed by atoms with Crippen molar-refractivity contribution in [2.24, 2.45) is 0 Å². The molecule has 1 aromatic heterocycles. The van der Waals surface area contributed by atoms with E-state index in [-0.39, 0.29) is 5.91 Å². The van der Waals surface area contributed by atoms with Crippen molar-refractivity contribution in [3.8, 4) is 0 Å². The maximum Gasteiger partial charge on any atom is 0.254 e.